The van der Waals surface area contributed by atoms with Gasteiger partial charge >= 0.3 is 0 Å². The molecule has 0 aromatic carbocycles. The van der Waals surface area contributed by atoms with E-state index in [0.717, 1.165) is 0 Å². The molecule has 0 saturated carbocycles. The van der Waals surface area contributed by atoms with Crippen LogP contribution in [0.5, 0.6) is 0 Å². The second-order valence-corrected chi connectivity index (χ2v) is 1.19. The Morgan fingerprint density at radius 3 is 2.00 bits per heavy atom. The lowest BCUT2D eigenvalue weighted by atomic mass is 9.58. The highest BCUT2D eigenvalue weighted by atomic mass is 13.5. The van der Waals surface area contributed by atoms with Crippen molar-refractivity contribution in [1.82, 2.24) is 0 Å². The quantitative estimate of drug-likeness (QED) is 0.394. The number of hydrogen-bond donors (Lipinski definition) is 0. The Balaban J connectivity index is 2.54. The molecule has 0 spiro atoms. The molecule has 0 aliphatic rings. The molecule has 0 unspecified atom stereocenters. The van der Waals surface area contributed by atoms with Crippen molar-refractivity contribution in [3.63, 3.8) is 0 Å². The first-order valence-electron chi connectivity index (χ1n) is 1.82. The van der Waals surface area contributed by atoms with Gasteiger partial charge in [-0.2, -0.15) is 0 Å². The summed E-state index contributed by atoms with van der Waals surface area (Å²) in [4.78, 5) is 0. The normalized spacial score (nSPS) is 14.0. The minimum absolute atomic E-state index is 0.259. The highest BCUT2D eigenvalue weighted by molar-refractivity contribution is 6.48. The lowest BCUT2D eigenvalue weighted by molar-refractivity contribution is 1.34. The molecule has 0 aliphatic heterocycles. The molecule has 0 bridgehead atoms. The topological polar surface area (TPSA) is 0 Å². The lowest BCUT2D eigenvalue weighted by Gasteiger charge is -1.88. The Hall–Kier alpha value is 0.130. The van der Waals surface area contributed by atoms with E-state index in [1.807, 2.05) is 21.0 Å². The summed E-state index contributed by atoms with van der Waals surface area (Å²) >= 11 is 0. The summed E-state index contributed by atoms with van der Waals surface area (Å²) in [5.41, 5.74) is 0.259. The predicted molar refractivity (Wildman–Crippen MR) is 26.8 cm³/mol. The first-order chi connectivity index (χ1) is 2.27. The Kier molecular flexibility index (Phi) is 2.43. The van der Waals surface area contributed by atoms with Gasteiger partial charge in [-0.1, -0.05) is 13.7 Å². The molecule has 0 fully saturated rings. The van der Waals surface area contributed by atoms with Crippen molar-refractivity contribution in [2.75, 3.05) is 0 Å². The zero-order valence-corrected chi connectivity index (χ0v) is 3.73. The van der Waals surface area contributed by atoms with E-state index in [1.54, 1.807) is 0 Å². The zero-order valence-electron chi connectivity index (χ0n) is 3.73. The fraction of sp³-hybridized carbons (Fsp3) is 1.00. The van der Waals surface area contributed by atoms with Gasteiger partial charge in [0.25, 0.3) is 0 Å². The molecule has 0 aliphatic carbocycles. The maximum Gasteiger partial charge on any atom is 0.0989 e. The van der Waals surface area contributed by atoms with Crippen LogP contribution in [-0.4, -0.2) is 15.1 Å². The SMILES string of the molecule is [B][C@H](C)[B]C. The van der Waals surface area contributed by atoms with E-state index in [-0.39, 0.29) is 5.72 Å². The van der Waals surface area contributed by atoms with Gasteiger partial charge < -0.3 is 0 Å². The zero-order chi connectivity index (χ0) is 4.28. The monoisotopic (exact) mass is 65.1 g/mol. The van der Waals surface area contributed by atoms with Crippen LogP contribution in [0.3, 0.4) is 0 Å². The summed E-state index contributed by atoms with van der Waals surface area (Å²) in [6, 6.07) is 0. The van der Waals surface area contributed by atoms with Crippen LogP contribution < -0.4 is 0 Å². The minimum Gasteiger partial charge on any atom is -0.105 e. The maximum atomic E-state index is 5.24. The van der Waals surface area contributed by atoms with Crippen molar-refractivity contribution in [3.8, 4) is 0 Å². The largest absolute Gasteiger partial charge is 0.105 e. The van der Waals surface area contributed by atoms with Crippen molar-refractivity contribution in [2.45, 2.75) is 19.5 Å². The minimum atomic E-state index is 0.259. The summed E-state index contributed by atoms with van der Waals surface area (Å²) in [6.45, 7) is 3.89. The smallest absolute Gasteiger partial charge is 0.0989 e. The first-order valence-corrected chi connectivity index (χ1v) is 1.82. The van der Waals surface area contributed by atoms with Gasteiger partial charge in [0, 0.05) is 0 Å². The van der Waals surface area contributed by atoms with Gasteiger partial charge in [-0.3, -0.25) is 0 Å². The molecular formula is C3H7B2. The summed E-state index contributed by atoms with van der Waals surface area (Å²) in [5, 5.41) is 0. The summed E-state index contributed by atoms with van der Waals surface area (Å²) in [5.74, 6) is 0. The molecule has 0 rings (SSSR count). The van der Waals surface area contributed by atoms with Crippen LogP contribution in [0, 0.1) is 0 Å². The molecule has 0 N–H and O–H groups in total. The maximum absolute atomic E-state index is 5.24. The van der Waals surface area contributed by atoms with E-state index in [1.165, 1.54) is 0 Å². The molecule has 5 heavy (non-hydrogen) atoms. The third-order valence-electron chi connectivity index (χ3n) is 0.526. The van der Waals surface area contributed by atoms with Crippen molar-refractivity contribution in [1.29, 1.82) is 0 Å². The number of rotatable bonds is 1. The van der Waals surface area contributed by atoms with E-state index in [2.05, 4.69) is 0 Å². The molecule has 3 radical (unpaired) electrons. The second-order valence-electron chi connectivity index (χ2n) is 1.19. The van der Waals surface area contributed by atoms with E-state index in [0.29, 0.717) is 0 Å². The third kappa shape index (κ3) is 4.13. The molecule has 0 aromatic heterocycles. The van der Waals surface area contributed by atoms with Crippen molar-refractivity contribution >= 4 is 15.1 Å². The average Bonchev–Trinajstić information content (AvgIpc) is 1.38. The molecule has 1 atom stereocenters. The van der Waals surface area contributed by atoms with Gasteiger partial charge in [-0.15, -0.1) is 5.72 Å². The molecule has 0 amide bonds. The Labute approximate surface area is 35.6 Å². The van der Waals surface area contributed by atoms with Gasteiger partial charge in [-0.05, 0) is 0 Å². The summed E-state index contributed by atoms with van der Waals surface area (Å²) < 4.78 is 0. The van der Waals surface area contributed by atoms with Gasteiger partial charge in [0.2, 0.25) is 0 Å². The standard InChI is InChI=1S/C3H7B2/c1-3(4)5-2/h3H,1-2H3/t3-/m0/s1. The average molecular weight is 64.7 g/mol. The van der Waals surface area contributed by atoms with Crippen LogP contribution in [-0.2, 0) is 0 Å². The fourth-order valence-corrected chi connectivity index (χ4v) is 0. The van der Waals surface area contributed by atoms with Crippen LogP contribution in [0.25, 0.3) is 0 Å². The first kappa shape index (κ1) is 5.13. The van der Waals surface area contributed by atoms with Crippen molar-refractivity contribution in [2.24, 2.45) is 0 Å². The molecule has 0 nitrogen and oxygen atoms in total. The lowest BCUT2D eigenvalue weighted by Crippen LogP contribution is -1.89. The molecule has 0 saturated heterocycles. The van der Waals surface area contributed by atoms with E-state index in [9.17, 15) is 0 Å². The van der Waals surface area contributed by atoms with Crippen molar-refractivity contribution < 1.29 is 0 Å². The highest BCUT2D eigenvalue weighted by Gasteiger charge is 1.82. The third-order valence-corrected chi connectivity index (χ3v) is 0.526. The van der Waals surface area contributed by atoms with Crippen LogP contribution in [0.15, 0.2) is 0 Å². The van der Waals surface area contributed by atoms with Crippen LogP contribution in [0.2, 0.25) is 12.5 Å². The Morgan fingerprint density at radius 1 is 1.80 bits per heavy atom. The van der Waals surface area contributed by atoms with E-state index >= 15 is 0 Å². The van der Waals surface area contributed by atoms with Crippen LogP contribution >= 0.6 is 0 Å². The number of hydrogen-bond acceptors (Lipinski definition) is 0. The predicted octanol–water partition coefficient (Wildman–Crippen LogP) is 0.673. The molecule has 0 heterocycles. The summed E-state index contributed by atoms with van der Waals surface area (Å²) in [6.07, 6.45) is 0. The van der Waals surface area contributed by atoms with Gasteiger partial charge in [0.15, 0.2) is 0 Å². The van der Waals surface area contributed by atoms with Gasteiger partial charge in [0.1, 0.15) is 0 Å². The molecule has 0 aromatic rings. The second kappa shape index (κ2) is 2.37. The van der Waals surface area contributed by atoms with E-state index in [4.69, 9.17) is 7.85 Å². The van der Waals surface area contributed by atoms with Crippen molar-refractivity contribution in [3.05, 3.63) is 0 Å². The van der Waals surface area contributed by atoms with Gasteiger partial charge in [0.05, 0.1) is 15.1 Å². The molecule has 25 valence electrons. The van der Waals surface area contributed by atoms with Gasteiger partial charge in [-0.25, -0.2) is 0 Å². The molecular weight excluding hydrogens is 57.7 g/mol. The van der Waals surface area contributed by atoms with Crippen LogP contribution in [0.1, 0.15) is 6.92 Å². The Morgan fingerprint density at radius 2 is 2.00 bits per heavy atom. The fourth-order valence-electron chi connectivity index (χ4n) is 0. The van der Waals surface area contributed by atoms with Crippen LogP contribution in [0.4, 0.5) is 0 Å². The Bertz CT molecular complexity index is 18.9. The highest BCUT2D eigenvalue weighted by Crippen LogP contribution is 1.86. The summed E-state index contributed by atoms with van der Waals surface area (Å²) in [7, 11) is 7.18. The van der Waals surface area contributed by atoms with E-state index < -0.39 is 0 Å². The molecule has 2 heteroatoms.